The predicted octanol–water partition coefficient (Wildman–Crippen LogP) is 4.40. The van der Waals surface area contributed by atoms with E-state index in [-0.39, 0.29) is 17.9 Å². The van der Waals surface area contributed by atoms with E-state index in [1.54, 1.807) is 0 Å². The number of carbonyl (C=O) groups excluding carboxylic acids is 1. The summed E-state index contributed by atoms with van der Waals surface area (Å²) < 4.78 is 0. The lowest BCUT2D eigenvalue weighted by atomic mass is 10.0. The molecule has 2 aromatic rings. The van der Waals surface area contributed by atoms with E-state index >= 15 is 0 Å². The van der Waals surface area contributed by atoms with E-state index in [9.17, 15) is 4.79 Å². The molecule has 27 heavy (non-hydrogen) atoms. The fraction of sp³-hybridized carbons (Fsp3) is 0.391. The van der Waals surface area contributed by atoms with Gasteiger partial charge in [-0.2, -0.15) is 0 Å². The minimum absolute atomic E-state index is 0.0747. The first-order valence-corrected chi connectivity index (χ1v) is 9.90. The fourth-order valence-corrected chi connectivity index (χ4v) is 4.04. The fourth-order valence-electron chi connectivity index (χ4n) is 4.04. The van der Waals surface area contributed by atoms with E-state index in [1.165, 1.54) is 0 Å². The monoisotopic (exact) mass is 362 g/mol. The molecule has 140 valence electrons. The van der Waals surface area contributed by atoms with Crippen molar-refractivity contribution >= 4 is 11.6 Å². The maximum absolute atomic E-state index is 13.1. The van der Waals surface area contributed by atoms with Gasteiger partial charge < -0.3 is 9.74 Å². The van der Waals surface area contributed by atoms with Gasteiger partial charge in [-0.3, -0.25) is 4.79 Å². The van der Waals surface area contributed by atoms with Crippen molar-refractivity contribution in [2.45, 2.75) is 44.8 Å². The average Bonchev–Trinajstić information content (AvgIpc) is 3.41. The van der Waals surface area contributed by atoms with E-state index in [0.29, 0.717) is 13.1 Å². The second-order valence-corrected chi connectivity index (χ2v) is 7.52. The number of oxime groups is 1. The Hall–Kier alpha value is -2.62. The van der Waals surface area contributed by atoms with Crippen LogP contribution >= 0.6 is 0 Å². The van der Waals surface area contributed by atoms with Crippen molar-refractivity contribution in [3.8, 4) is 0 Å². The first kappa shape index (κ1) is 17.8. The highest BCUT2D eigenvalue weighted by Gasteiger charge is 2.31. The van der Waals surface area contributed by atoms with Crippen molar-refractivity contribution in [3.05, 3.63) is 71.8 Å². The third-order valence-electron chi connectivity index (χ3n) is 5.50. The summed E-state index contributed by atoms with van der Waals surface area (Å²) in [6.07, 6.45) is 5.03. The van der Waals surface area contributed by atoms with Crippen molar-refractivity contribution in [2.75, 3.05) is 6.54 Å². The number of amides is 1. The van der Waals surface area contributed by atoms with Gasteiger partial charge in [0.1, 0.15) is 0 Å². The Kier molecular flexibility index (Phi) is 5.52. The second-order valence-electron chi connectivity index (χ2n) is 7.52. The van der Waals surface area contributed by atoms with E-state index in [1.807, 2.05) is 41.3 Å². The molecule has 0 aromatic heterocycles. The van der Waals surface area contributed by atoms with Crippen LogP contribution < -0.4 is 0 Å². The Morgan fingerprint density at radius 3 is 2.37 bits per heavy atom. The molecule has 0 radical (unpaired) electrons. The van der Waals surface area contributed by atoms with Crippen molar-refractivity contribution in [1.29, 1.82) is 0 Å². The molecule has 2 aromatic carbocycles. The Balaban J connectivity index is 1.44. The second kappa shape index (κ2) is 8.38. The Labute approximate surface area is 160 Å². The molecule has 4 nitrogen and oxygen atoms in total. The third kappa shape index (κ3) is 4.38. The van der Waals surface area contributed by atoms with Crippen LogP contribution in [0.25, 0.3) is 0 Å². The number of benzene rings is 2. The van der Waals surface area contributed by atoms with Gasteiger partial charge >= 0.3 is 0 Å². The largest absolute Gasteiger partial charge is 0.390 e. The summed E-state index contributed by atoms with van der Waals surface area (Å²) in [5.41, 5.74) is 3.22. The van der Waals surface area contributed by atoms with Gasteiger partial charge in [-0.25, -0.2) is 0 Å². The summed E-state index contributed by atoms with van der Waals surface area (Å²) in [6, 6.07) is 20.3. The van der Waals surface area contributed by atoms with E-state index in [4.69, 9.17) is 4.84 Å². The first-order chi connectivity index (χ1) is 13.3. The molecule has 1 heterocycles. The lowest BCUT2D eigenvalue weighted by Gasteiger charge is -2.27. The summed E-state index contributed by atoms with van der Waals surface area (Å²) in [7, 11) is 0. The molecular formula is C23H26N2O2. The average molecular weight is 362 g/mol. The summed E-state index contributed by atoms with van der Waals surface area (Å²) in [6.45, 7) is 1.22. The predicted molar refractivity (Wildman–Crippen MR) is 106 cm³/mol. The smallest absolute Gasteiger partial charge is 0.226 e. The number of rotatable bonds is 6. The highest BCUT2D eigenvalue weighted by molar-refractivity contribution is 6.01. The van der Waals surface area contributed by atoms with Crippen LogP contribution in [0.4, 0.5) is 0 Å². The summed E-state index contributed by atoms with van der Waals surface area (Å²) in [5.74, 6) is 0.442. The van der Waals surface area contributed by atoms with E-state index < -0.39 is 0 Å². The molecule has 0 spiro atoms. The molecular weight excluding hydrogens is 336 g/mol. The maximum Gasteiger partial charge on any atom is 0.226 e. The van der Waals surface area contributed by atoms with Gasteiger partial charge in [0, 0.05) is 18.9 Å². The van der Waals surface area contributed by atoms with Crippen LogP contribution in [0.1, 0.15) is 43.2 Å². The quantitative estimate of drug-likeness (QED) is 0.764. The van der Waals surface area contributed by atoms with Gasteiger partial charge in [-0.1, -0.05) is 78.7 Å². The van der Waals surface area contributed by atoms with Gasteiger partial charge in [-0.15, -0.1) is 0 Å². The molecule has 1 aliphatic heterocycles. The van der Waals surface area contributed by atoms with E-state index in [0.717, 1.165) is 48.9 Å². The molecule has 0 unspecified atom stereocenters. The van der Waals surface area contributed by atoms with Crippen molar-refractivity contribution in [3.63, 3.8) is 0 Å². The molecule has 0 N–H and O–H groups in total. The minimum Gasteiger partial charge on any atom is -0.390 e. The molecule has 0 bridgehead atoms. The van der Waals surface area contributed by atoms with Gasteiger partial charge in [0.15, 0.2) is 6.10 Å². The lowest BCUT2D eigenvalue weighted by molar-refractivity contribution is -0.137. The summed E-state index contributed by atoms with van der Waals surface area (Å²) in [4.78, 5) is 20.8. The Bertz CT molecular complexity index is 783. The van der Waals surface area contributed by atoms with Crippen LogP contribution in [-0.2, 0) is 16.2 Å². The van der Waals surface area contributed by atoms with Crippen LogP contribution in [0.3, 0.4) is 0 Å². The molecule has 1 fully saturated rings. The Morgan fingerprint density at radius 1 is 1.00 bits per heavy atom. The Morgan fingerprint density at radius 2 is 1.67 bits per heavy atom. The molecule has 1 saturated carbocycles. The number of carbonyl (C=O) groups is 1. The normalized spacial score (nSPS) is 19.6. The molecule has 0 saturated heterocycles. The molecule has 1 amide bonds. The van der Waals surface area contributed by atoms with Gasteiger partial charge in [-0.05, 0) is 24.0 Å². The van der Waals surface area contributed by atoms with Crippen molar-refractivity contribution < 1.29 is 9.63 Å². The maximum atomic E-state index is 13.1. The van der Waals surface area contributed by atoms with Gasteiger partial charge in [0.2, 0.25) is 5.91 Å². The zero-order valence-corrected chi connectivity index (χ0v) is 15.6. The standard InChI is InChI=1S/C23H26N2O2/c26-23(20-13-7-8-14-20)25(16-18-9-3-1-4-10-18)17-21-15-22(24-27-21)19-11-5-2-6-12-19/h1-6,9-12,20-21H,7-8,13-17H2/t21-/m1/s1. The zero-order chi connectivity index (χ0) is 18.5. The van der Waals surface area contributed by atoms with Crippen molar-refractivity contribution in [2.24, 2.45) is 11.1 Å². The highest BCUT2D eigenvalue weighted by atomic mass is 16.6. The third-order valence-corrected chi connectivity index (χ3v) is 5.50. The molecule has 1 aliphatic carbocycles. The van der Waals surface area contributed by atoms with Gasteiger partial charge in [0.05, 0.1) is 12.3 Å². The first-order valence-electron chi connectivity index (χ1n) is 9.90. The summed E-state index contributed by atoms with van der Waals surface area (Å²) in [5, 5.41) is 4.28. The minimum atomic E-state index is -0.0747. The SMILES string of the molecule is O=C(C1CCCC1)N(Cc1ccccc1)C[C@H]1CC(c2ccccc2)=NO1. The molecule has 4 heteroatoms. The van der Waals surface area contributed by atoms with Gasteiger partial charge in [0.25, 0.3) is 0 Å². The number of hydrogen-bond acceptors (Lipinski definition) is 3. The molecule has 1 atom stereocenters. The van der Waals surface area contributed by atoms with Crippen LogP contribution in [0, 0.1) is 5.92 Å². The lowest BCUT2D eigenvalue weighted by Crippen LogP contribution is -2.40. The highest BCUT2D eigenvalue weighted by Crippen LogP contribution is 2.28. The van der Waals surface area contributed by atoms with Crippen LogP contribution in [0.5, 0.6) is 0 Å². The van der Waals surface area contributed by atoms with E-state index in [2.05, 4.69) is 29.4 Å². The van der Waals surface area contributed by atoms with Crippen LogP contribution in [-0.4, -0.2) is 29.2 Å². The number of nitrogens with zero attached hydrogens (tertiary/aromatic N) is 2. The van der Waals surface area contributed by atoms with Crippen molar-refractivity contribution in [1.82, 2.24) is 4.90 Å². The van der Waals surface area contributed by atoms with Crippen LogP contribution in [0.2, 0.25) is 0 Å². The molecule has 2 aliphatic rings. The zero-order valence-electron chi connectivity index (χ0n) is 15.6. The number of hydrogen-bond donors (Lipinski definition) is 0. The molecule has 4 rings (SSSR count). The topological polar surface area (TPSA) is 41.9 Å². The summed E-state index contributed by atoms with van der Waals surface area (Å²) >= 11 is 0. The van der Waals surface area contributed by atoms with Crippen LogP contribution in [0.15, 0.2) is 65.8 Å².